The predicted molar refractivity (Wildman–Crippen MR) is 79.6 cm³/mol. The first-order valence-corrected chi connectivity index (χ1v) is 8.23. The maximum absolute atomic E-state index is 11.9. The molecule has 1 rings (SSSR count). The van der Waals surface area contributed by atoms with E-state index in [1.54, 1.807) is 19.2 Å². The van der Waals surface area contributed by atoms with Crippen LogP contribution in [0.5, 0.6) is 0 Å². The second-order valence-corrected chi connectivity index (χ2v) is 6.75. The molecule has 0 amide bonds. The lowest BCUT2D eigenvalue weighted by Crippen LogP contribution is -2.39. The third kappa shape index (κ3) is 5.91. The first-order valence-electron chi connectivity index (χ1n) is 6.41. The number of halogens is 1. The summed E-state index contributed by atoms with van der Waals surface area (Å²) >= 11 is 5.79. The van der Waals surface area contributed by atoms with E-state index >= 15 is 0 Å². The highest BCUT2D eigenvalue weighted by atomic mass is 35.5. The zero-order valence-corrected chi connectivity index (χ0v) is 13.0. The summed E-state index contributed by atoms with van der Waals surface area (Å²) in [4.78, 5) is 0. The second-order valence-electron chi connectivity index (χ2n) is 4.45. The van der Waals surface area contributed by atoms with Gasteiger partial charge in [-0.2, -0.15) is 12.7 Å². The number of hydrogen-bond donors (Lipinski definition) is 1. The quantitative estimate of drug-likeness (QED) is 0.802. The molecule has 0 bridgehead atoms. The van der Waals surface area contributed by atoms with Crippen LogP contribution in [-0.2, 0) is 16.6 Å². The number of benzene rings is 1. The van der Waals surface area contributed by atoms with Crippen molar-refractivity contribution >= 4 is 21.8 Å². The van der Waals surface area contributed by atoms with E-state index in [4.69, 9.17) is 11.6 Å². The van der Waals surface area contributed by atoms with Gasteiger partial charge in [-0.3, -0.25) is 0 Å². The van der Waals surface area contributed by atoms with Crippen molar-refractivity contribution in [2.45, 2.75) is 26.2 Å². The van der Waals surface area contributed by atoms with Crippen LogP contribution in [0.2, 0.25) is 5.02 Å². The monoisotopic (exact) mass is 304 g/mol. The molecule has 108 valence electrons. The summed E-state index contributed by atoms with van der Waals surface area (Å²) in [6.45, 7) is 2.97. The van der Waals surface area contributed by atoms with E-state index < -0.39 is 10.2 Å². The van der Waals surface area contributed by atoms with Crippen molar-refractivity contribution in [3.05, 3.63) is 34.9 Å². The standard InChI is InChI=1S/C13H21ClN2O2S/c1-3-4-11-16(2)19(17,18)15-10-9-12-5-7-13(14)8-6-12/h5-8,15H,3-4,9-11H2,1-2H3. The van der Waals surface area contributed by atoms with Gasteiger partial charge in [-0.1, -0.05) is 37.1 Å². The number of nitrogens with one attached hydrogen (secondary N) is 1. The number of hydrogen-bond acceptors (Lipinski definition) is 2. The molecule has 0 radical (unpaired) electrons. The Labute approximate surface area is 120 Å². The topological polar surface area (TPSA) is 49.4 Å². The average Bonchev–Trinajstić information content (AvgIpc) is 2.38. The van der Waals surface area contributed by atoms with E-state index in [0.717, 1.165) is 18.4 Å². The van der Waals surface area contributed by atoms with Crippen molar-refractivity contribution < 1.29 is 8.42 Å². The van der Waals surface area contributed by atoms with E-state index in [2.05, 4.69) is 4.72 Å². The molecular formula is C13H21ClN2O2S. The zero-order chi connectivity index (χ0) is 14.3. The summed E-state index contributed by atoms with van der Waals surface area (Å²) in [5.41, 5.74) is 1.06. The molecule has 0 saturated heterocycles. The van der Waals surface area contributed by atoms with Crippen LogP contribution in [0.25, 0.3) is 0 Å². The molecule has 0 aliphatic carbocycles. The lowest BCUT2D eigenvalue weighted by atomic mass is 10.2. The van der Waals surface area contributed by atoms with Gasteiger partial charge in [0.2, 0.25) is 0 Å². The Balaban J connectivity index is 2.41. The first-order chi connectivity index (χ1) is 8.95. The van der Waals surface area contributed by atoms with Crippen molar-refractivity contribution in [2.75, 3.05) is 20.1 Å². The molecule has 0 aliphatic heterocycles. The van der Waals surface area contributed by atoms with Gasteiger partial charge in [-0.25, -0.2) is 4.72 Å². The Morgan fingerprint density at radius 1 is 1.26 bits per heavy atom. The largest absolute Gasteiger partial charge is 0.279 e. The van der Waals surface area contributed by atoms with E-state index in [-0.39, 0.29) is 0 Å². The van der Waals surface area contributed by atoms with Crippen LogP contribution in [0.15, 0.2) is 24.3 Å². The predicted octanol–water partition coefficient (Wildman–Crippen LogP) is 2.45. The van der Waals surface area contributed by atoms with Crippen LogP contribution in [-0.4, -0.2) is 32.9 Å². The Morgan fingerprint density at radius 3 is 2.47 bits per heavy atom. The van der Waals surface area contributed by atoms with Gasteiger partial charge in [-0.05, 0) is 30.5 Å². The van der Waals surface area contributed by atoms with Crippen LogP contribution in [0, 0.1) is 0 Å². The molecule has 0 spiro atoms. The van der Waals surface area contributed by atoms with Gasteiger partial charge in [0.05, 0.1) is 0 Å². The number of unbranched alkanes of at least 4 members (excludes halogenated alkanes) is 1. The van der Waals surface area contributed by atoms with Crippen molar-refractivity contribution in [3.8, 4) is 0 Å². The fraction of sp³-hybridized carbons (Fsp3) is 0.538. The Hall–Kier alpha value is -0.620. The number of nitrogens with zero attached hydrogens (tertiary/aromatic N) is 1. The normalized spacial score (nSPS) is 12.0. The third-order valence-electron chi connectivity index (χ3n) is 2.85. The van der Waals surface area contributed by atoms with Gasteiger partial charge in [0.15, 0.2) is 0 Å². The highest BCUT2D eigenvalue weighted by Gasteiger charge is 2.15. The molecule has 6 heteroatoms. The first kappa shape index (κ1) is 16.4. The zero-order valence-electron chi connectivity index (χ0n) is 11.4. The van der Waals surface area contributed by atoms with E-state index in [0.29, 0.717) is 24.5 Å². The molecule has 1 aromatic carbocycles. The average molecular weight is 305 g/mol. The molecular weight excluding hydrogens is 284 g/mol. The van der Waals surface area contributed by atoms with E-state index in [9.17, 15) is 8.42 Å². The van der Waals surface area contributed by atoms with Crippen LogP contribution < -0.4 is 4.72 Å². The molecule has 0 aromatic heterocycles. The van der Waals surface area contributed by atoms with Crippen molar-refractivity contribution in [2.24, 2.45) is 0 Å². The van der Waals surface area contributed by atoms with Gasteiger partial charge in [0, 0.05) is 25.2 Å². The third-order valence-corrected chi connectivity index (χ3v) is 4.67. The lowest BCUT2D eigenvalue weighted by molar-refractivity contribution is 0.449. The maximum atomic E-state index is 11.9. The van der Waals surface area contributed by atoms with Gasteiger partial charge < -0.3 is 0 Å². The summed E-state index contributed by atoms with van der Waals surface area (Å²) in [5, 5.41) is 0.684. The minimum Gasteiger partial charge on any atom is -0.202 e. The van der Waals surface area contributed by atoms with E-state index in [1.165, 1.54) is 4.31 Å². The fourth-order valence-corrected chi connectivity index (χ4v) is 2.66. The molecule has 0 fully saturated rings. The summed E-state index contributed by atoms with van der Waals surface area (Å²) in [7, 11) is -1.76. The summed E-state index contributed by atoms with van der Waals surface area (Å²) < 4.78 is 27.7. The molecule has 0 aliphatic rings. The van der Waals surface area contributed by atoms with Gasteiger partial charge in [0.1, 0.15) is 0 Å². The Kier molecular flexibility index (Phi) is 6.79. The van der Waals surface area contributed by atoms with E-state index in [1.807, 2.05) is 19.1 Å². The fourth-order valence-electron chi connectivity index (χ4n) is 1.59. The van der Waals surface area contributed by atoms with Crippen LogP contribution >= 0.6 is 11.6 Å². The van der Waals surface area contributed by atoms with Gasteiger partial charge >= 0.3 is 0 Å². The molecule has 4 nitrogen and oxygen atoms in total. The molecule has 0 saturated carbocycles. The summed E-state index contributed by atoms with van der Waals surface area (Å²) in [6, 6.07) is 7.41. The Bertz CT molecular complexity index is 474. The molecule has 0 atom stereocenters. The highest BCUT2D eigenvalue weighted by molar-refractivity contribution is 7.87. The van der Waals surface area contributed by atoms with Crippen LogP contribution in [0.1, 0.15) is 25.3 Å². The maximum Gasteiger partial charge on any atom is 0.279 e. The van der Waals surface area contributed by atoms with Gasteiger partial charge in [0.25, 0.3) is 10.2 Å². The molecule has 0 unspecified atom stereocenters. The second kappa shape index (κ2) is 7.85. The minimum absolute atomic E-state index is 0.389. The lowest BCUT2D eigenvalue weighted by Gasteiger charge is -2.17. The van der Waals surface area contributed by atoms with Crippen molar-refractivity contribution in [1.29, 1.82) is 0 Å². The van der Waals surface area contributed by atoms with Crippen molar-refractivity contribution in [1.82, 2.24) is 9.03 Å². The SMILES string of the molecule is CCCCN(C)S(=O)(=O)NCCc1ccc(Cl)cc1. The molecule has 19 heavy (non-hydrogen) atoms. The Morgan fingerprint density at radius 2 is 1.89 bits per heavy atom. The summed E-state index contributed by atoms with van der Waals surface area (Å²) in [6.07, 6.45) is 2.50. The molecule has 1 aromatic rings. The summed E-state index contributed by atoms with van der Waals surface area (Å²) in [5.74, 6) is 0. The molecule has 1 N–H and O–H groups in total. The highest BCUT2D eigenvalue weighted by Crippen LogP contribution is 2.09. The minimum atomic E-state index is -3.35. The smallest absolute Gasteiger partial charge is 0.202 e. The van der Waals surface area contributed by atoms with Crippen LogP contribution in [0.4, 0.5) is 0 Å². The van der Waals surface area contributed by atoms with Crippen molar-refractivity contribution in [3.63, 3.8) is 0 Å². The number of rotatable bonds is 8. The van der Waals surface area contributed by atoms with Gasteiger partial charge in [-0.15, -0.1) is 0 Å². The van der Waals surface area contributed by atoms with Crippen LogP contribution in [0.3, 0.4) is 0 Å². The molecule has 0 heterocycles.